The van der Waals surface area contributed by atoms with E-state index in [1.165, 1.54) is 7.11 Å². The van der Waals surface area contributed by atoms with Crippen molar-refractivity contribution in [1.29, 1.82) is 0 Å². The van der Waals surface area contributed by atoms with Crippen molar-refractivity contribution in [3.63, 3.8) is 0 Å². The monoisotopic (exact) mass is 221 g/mol. The van der Waals surface area contributed by atoms with Crippen LogP contribution in [0.25, 0.3) is 10.8 Å². The van der Waals surface area contributed by atoms with Gasteiger partial charge in [0.25, 0.3) is 0 Å². The Labute approximate surface area is 91.6 Å². The van der Waals surface area contributed by atoms with Crippen LogP contribution in [0.4, 0.5) is 0 Å². The lowest BCUT2D eigenvalue weighted by molar-refractivity contribution is 0.0594. The maximum absolute atomic E-state index is 11.2. The van der Waals surface area contributed by atoms with E-state index in [0.717, 1.165) is 10.8 Å². The van der Waals surface area contributed by atoms with Gasteiger partial charge in [-0.25, -0.2) is 9.78 Å². The Balaban J connectivity index is 2.57. The van der Waals surface area contributed by atoms with Gasteiger partial charge in [-0.1, -0.05) is 17.7 Å². The number of rotatable bonds is 1. The van der Waals surface area contributed by atoms with Crippen LogP contribution < -0.4 is 0 Å². The topological polar surface area (TPSA) is 39.2 Å². The van der Waals surface area contributed by atoms with E-state index in [1.54, 1.807) is 24.4 Å². The molecule has 76 valence electrons. The number of hydrogen-bond donors (Lipinski definition) is 0. The number of methoxy groups -OCH3 is 1. The zero-order chi connectivity index (χ0) is 10.8. The number of halogens is 1. The zero-order valence-corrected chi connectivity index (χ0v) is 8.78. The molecule has 0 spiro atoms. The van der Waals surface area contributed by atoms with Gasteiger partial charge < -0.3 is 4.74 Å². The Bertz CT molecular complexity index is 525. The van der Waals surface area contributed by atoms with Crippen LogP contribution in [0, 0.1) is 0 Å². The molecule has 1 heterocycles. The van der Waals surface area contributed by atoms with Crippen LogP contribution >= 0.6 is 11.6 Å². The van der Waals surface area contributed by atoms with Gasteiger partial charge in [-0.15, -0.1) is 0 Å². The van der Waals surface area contributed by atoms with Crippen LogP contribution in [0.5, 0.6) is 0 Å². The van der Waals surface area contributed by atoms with E-state index in [-0.39, 0.29) is 0 Å². The van der Waals surface area contributed by atoms with Crippen LogP contribution in [-0.2, 0) is 4.74 Å². The molecule has 0 radical (unpaired) electrons. The molecule has 0 aliphatic rings. The third-order valence-electron chi connectivity index (χ3n) is 2.08. The Hall–Kier alpha value is -1.61. The molecule has 4 heteroatoms. The number of pyridine rings is 1. The Morgan fingerprint density at radius 2 is 2.13 bits per heavy atom. The lowest BCUT2D eigenvalue weighted by atomic mass is 10.1. The normalized spacial score (nSPS) is 10.3. The number of fused-ring (bicyclic) bond motifs is 1. The van der Waals surface area contributed by atoms with Crippen LogP contribution in [0.15, 0.2) is 30.5 Å². The standard InChI is InChI=1S/C11H8ClNO2/c1-15-11(14)10-5-7-2-3-9(12)4-8(7)6-13-10/h2-6H,1H3. The fraction of sp³-hybridized carbons (Fsp3) is 0.0909. The SMILES string of the molecule is COC(=O)c1cc2ccc(Cl)cc2cn1. The van der Waals surface area contributed by atoms with Gasteiger partial charge in [0, 0.05) is 16.6 Å². The Kier molecular flexibility index (Phi) is 2.56. The number of nitrogens with zero attached hydrogens (tertiary/aromatic N) is 1. The first kappa shape index (κ1) is 9.93. The maximum Gasteiger partial charge on any atom is 0.356 e. The molecule has 3 nitrogen and oxygen atoms in total. The van der Waals surface area contributed by atoms with Crippen molar-refractivity contribution in [2.45, 2.75) is 0 Å². The van der Waals surface area contributed by atoms with E-state index in [1.807, 2.05) is 6.07 Å². The minimum Gasteiger partial charge on any atom is -0.464 e. The van der Waals surface area contributed by atoms with Gasteiger partial charge in [-0.05, 0) is 23.6 Å². The first-order valence-electron chi connectivity index (χ1n) is 4.34. The average molecular weight is 222 g/mol. The van der Waals surface area contributed by atoms with Crippen LogP contribution in [0.2, 0.25) is 5.02 Å². The first-order valence-corrected chi connectivity index (χ1v) is 4.72. The van der Waals surface area contributed by atoms with Gasteiger partial charge >= 0.3 is 5.97 Å². The molecule has 0 saturated heterocycles. The van der Waals surface area contributed by atoms with Crippen LogP contribution in [0.3, 0.4) is 0 Å². The molecule has 1 aromatic carbocycles. The number of benzene rings is 1. The molecular formula is C11H8ClNO2. The third-order valence-corrected chi connectivity index (χ3v) is 2.31. The molecule has 2 rings (SSSR count). The number of carbonyl (C=O) groups excluding carboxylic acids is 1. The minimum atomic E-state index is -0.438. The maximum atomic E-state index is 11.2. The number of aromatic nitrogens is 1. The summed E-state index contributed by atoms with van der Waals surface area (Å²) in [5.41, 5.74) is 0.298. The fourth-order valence-electron chi connectivity index (χ4n) is 1.33. The van der Waals surface area contributed by atoms with E-state index in [2.05, 4.69) is 9.72 Å². The van der Waals surface area contributed by atoms with Crippen molar-refractivity contribution in [3.8, 4) is 0 Å². The lowest BCUT2D eigenvalue weighted by Crippen LogP contribution is -2.03. The second-order valence-electron chi connectivity index (χ2n) is 3.05. The largest absolute Gasteiger partial charge is 0.464 e. The highest BCUT2D eigenvalue weighted by Crippen LogP contribution is 2.19. The van der Waals surface area contributed by atoms with Gasteiger partial charge in [-0.3, -0.25) is 0 Å². The van der Waals surface area contributed by atoms with E-state index >= 15 is 0 Å². The van der Waals surface area contributed by atoms with E-state index in [4.69, 9.17) is 11.6 Å². The molecule has 0 bridgehead atoms. The number of hydrogen-bond acceptors (Lipinski definition) is 3. The molecular weight excluding hydrogens is 214 g/mol. The van der Waals surface area contributed by atoms with E-state index in [0.29, 0.717) is 10.7 Å². The molecule has 0 aliphatic heterocycles. The predicted octanol–water partition coefficient (Wildman–Crippen LogP) is 2.67. The molecule has 0 N–H and O–H groups in total. The summed E-state index contributed by atoms with van der Waals surface area (Å²) < 4.78 is 4.58. The van der Waals surface area contributed by atoms with Gasteiger partial charge in [-0.2, -0.15) is 0 Å². The smallest absolute Gasteiger partial charge is 0.356 e. The van der Waals surface area contributed by atoms with E-state index in [9.17, 15) is 4.79 Å². The number of ether oxygens (including phenoxy) is 1. The van der Waals surface area contributed by atoms with Crippen molar-refractivity contribution in [2.24, 2.45) is 0 Å². The molecule has 0 saturated carbocycles. The molecule has 0 aliphatic carbocycles. The second kappa shape index (κ2) is 3.87. The third kappa shape index (κ3) is 1.92. The van der Waals surface area contributed by atoms with Crippen LogP contribution in [0.1, 0.15) is 10.5 Å². The summed E-state index contributed by atoms with van der Waals surface area (Å²) >= 11 is 5.83. The summed E-state index contributed by atoms with van der Waals surface area (Å²) in [6.07, 6.45) is 1.60. The molecule has 0 fully saturated rings. The molecule has 0 unspecified atom stereocenters. The highest BCUT2D eigenvalue weighted by molar-refractivity contribution is 6.31. The predicted molar refractivity (Wildman–Crippen MR) is 58.1 cm³/mol. The van der Waals surface area contributed by atoms with Gasteiger partial charge in [0.15, 0.2) is 0 Å². The summed E-state index contributed by atoms with van der Waals surface area (Å²) in [7, 11) is 1.33. The minimum absolute atomic E-state index is 0.298. The van der Waals surface area contributed by atoms with Crippen molar-refractivity contribution in [3.05, 3.63) is 41.2 Å². The summed E-state index contributed by atoms with van der Waals surface area (Å²) in [6.45, 7) is 0. The summed E-state index contributed by atoms with van der Waals surface area (Å²) in [4.78, 5) is 15.2. The summed E-state index contributed by atoms with van der Waals surface area (Å²) in [6, 6.07) is 7.08. The summed E-state index contributed by atoms with van der Waals surface area (Å²) in [5, 5.41) is 2.46. The van der Waals surface area contributed by atoms with Crippen molar-refractivity contribution in [2.75, 3.05) is 7.11 Å². The Morgan fingerprint density at radius 3 is 2.87 bits per heavy atom. The van der Waals surface area contributed by atoms with Crippen molar-refractivity contribution in [1.82, 2.24) is 4.98 Å². The average Bonchev–Trinajstić information content (AvgIpc) is 2.27. The number of carbonyl (C=O) groups is 1. The number of esters is 1. The van der Waals surface area contributed by atoms with Gasteiger partial charge in [0.2, 0.25) is 0 Å². The Morgan fingerprint density at radius 1 is 1.33 bits per heavy atom. The quantitative estimate of drug-likeness (QED) is 0.695. The highest BCUT2D eigenvalue weighted by atomic mass is 35.5. The highest BCUT2D eigenvalue weighted by Gasteiger charge is 2.07. The second-order valence-corrected chi connectivity index (χ2v) is 3.49. The fourth-order valence-corrected chi connectivity index (χ4v) is 1.51. The van der Waals surface area contributed by atoms with Crippen LogP contribution in [-0.4, -0.2) is 18.1 Å². The van der Waals surface area contributed by atoms with E-state index < -0.39 is 5.97 Å². The molecule has 1 aromatic heterocycles. The molecule has 0 atom stereocenters. The lowest BCUT2D eigenvalue weighted by Gasteiger charge is -2.01. The van der Waals surface area contributed by atoms with Gasteiger partial charge in [0.1, 0.15) is 5.69 Å². The zero-order valence-electron chi connectivity index (χ0n) is 8.03. The molecule has 15 heavy (non-hydrogen) atoms. The molecule has 2 aromatic rings. The van der Waals surface area contributed by atoms with Crippen molar-refractivity contribution >= 4 is 28.3 Å². The van der Waals surface area contributed by atoms with Crippen molar-refractivity contribution < 1.29 is 9.53 Å². The summed E-state index contributed by atoms with van der Waals surface area (Å²) in [5.74, 6) is -0.438. The van der Waals surface area contributed by atoms with Gasteiger partial charge in [0.05, 0.1) is 7.11 Å². The molecule has 0 amide bonds. The first-order chi connectivity index (χ1) is 7.20.